The second kappa shape index (κ2) is 9.69. The minimum absolute atomic E-state index is 0.0167. The van der Waals surface area contributed by atoms with Crippen LogP contribution in [0.15, 0.2) is 24.5 Å². The van der Waals surface area contributed by atoms with Crippen molar-refractivity contribution in [3.8, 4) is 0 Å². The molecule has 150 valence electrons. The van der Waals surface area contributed by atoms with E-state index < -0.39 is 5.60 Å². The van der Waals surface area contributed by atoms with E-state index in [0.717, 1.165) is 18.4 Å². The first-order valence-corrected chi connectivity index (χ1v) is 9.68. The van der Waals surface area contributed by atoms with Crippen LogP contribution in [0.1, 0.15) is 52.1 Å². The second-order valence-electron chi connectivity index (χ2n) is 7.90. The van der Waals surface area contributed by atoms with Crippen LogP contribution in [0.2, 0.25) is 0 Å². The number of nitrogens with one attached hydrogen (secondary N) is 1. The van der Waals surface area contributed by atoms with Crippen molar-refractivity contribution in [1.29, 1.82) is 0 Å². The summed E-state index contributed by atoms with van der Waals surface area (Å²) in [5.74, 6) is 0.0167. The van der Waals surface area contributed by atoms with E-state index in [1.807, 2.05) is 32.9 Å². The van der Waals surface area contributed by atoms with Crippen molar-refractivity contribution in [2.24, 2.45) is 0 Å². The maximum absolute atomic E-state index is 12.5. The number of pyridine rings is 1. The molecule has 2 rings (SSSR count). The molecule has 1 N–H and O–H groups in total. The van der Waals surface area contributed by atoms with Gasteiger partial charge in [0.2, 0.25) is 5.91 Å². The number of hydrogen-bond acceptors (Lipinski definition) is 5. The number of carbonyl (C=O) groups excluding carboxylic acids is 2. The molecule has 1 atom stereocenters. The molecular weight excluding hydrogens is 344 g/mol. The van der Waals surface area contributed by atoms with E-state index in [1.54, 1.807) is 17.3 Å². The molecule has 1 fully saturated rings. The van der Waals surface area contributed by atoms with Gasteiger partial charge in [-0.25, -0.2) is 4.79 Å². The fourth-order valence-electron chi connectivity index (χ4n) is 3.04. The highest BCUT2D eigenvalue weighted by atomic mass is 16.6. The lowest BCUT2D eigenvalue weighted by atomic mass is 10.0. The zero-order valence-corrected chi connectivity index (χ0v) is 16.9. The first kappa shape index (κ1) is 21.2. The maximum atomic E-state index is 12.5. The van der Waals surface area contributed by atoms with Crippen LogP contribution in [-0.2, 0) is 9.53 Å². The van der Waals surface area contributed by atoms with E-state index in [4.69, 9.17) is 4.74 Å². The zero-order valence-electron chi connectivity index (χ0n) is 16.9. The topological polar surface area (TPSA) is 74.8 Å². The fourth-order valence-corrected chi connectivity index (χ4v) is 3.04. The molecule has 0 radical (unpaired) electrons. The predicted octanol–water partition coefficient (Wildman–Crippen LogP) is 2.59. The van der Waals surface area contributed by atoms with Gasteiger partial charge in [-0.2, -0.15) is 0 Å². The summed E-state index contributed by atoms with van der Waals surface area (Å²) in [6.45, 7) is 10.3. The lowest BCUT2D eigenvalue weighted by Crippen LogP contribution is -2.53. The van der Waals surface area contributed by atoms with Crippen molar-refractivity contribution in [1.82, 2.24) is 20.1 Å². The van der Waals surface area contributed by atoms with Gasteiger partial charge in [0.15, 0.2) is 0 Å². The van der Waals surface area contributed by atoms with Crippen molar-refractivity contribution >= 4 is 12.0 Å². The van der Waals surface area contributed by atoms with Crippen molar-refractivity contribution in [3.63, 3.8) is 0 Å². The van der Waals surface area contributed by atoms with E-state index in [-0.39, 0.29) is 18.0 Å². The Bertz CT molecular complexity index is 615. The smallest absolute Gasteiger partial charge is 0.410 e. The van der Waals surface area contributed by atoms with Crippen LogP contribution < -0.4 is 5.32 Å². The molecule has 1 aliphatic rings. The highest BCUT2D eigenvalue weighted by molar-refractivity contribution is 5.78. The van der Waals surface area contributed by atoms with E-state index in [0.29, 0.717) is 32.7 Å². The van der Waals surface area contributed by atoms with Crippen LogP contribution in [-0.4, -0.2) is 65.1 Å². The lowest BCUT2D eigenvalue weighted by molar-refractivity contribution is -0.123. The fraction of sp³-hybridized carbons (Fsp3) is 0.650. The van der Waals surface area contributed by atoms with Crippen molar-refractivity contribution in [3.05, 3.63) is 30.1 Å². The Balaban J connectivity index is 2.07. The Morgan fingerprint density at radius 3 is 2.74 bits per heavy atom. The molecule has 2 heterocycles. The highest BCUT2D eigenvalue weighted by Gasteiger charge is 2.33. The molecule has 0 aromatic carbocycles. The van der Waals surface area contributed by atoms with Crippen molar-refractivity contribution in [2.75, 3.05) is 32.7 Å². The molecular formula is C20H32N4O3. The maximum Gasteiger partial charge on any atom is 0.410 e. The number of rotatable bonds is 6. The molecule has 2 amide bonds. The van der Waals surface area contributed by atoms with Gasteiger partial charge >= 0.3 is 6.09 Å². The molecule has 1 unspecified atom stereocenters. The predicted molar refractivity (Wildman–Crippen MR) is 104 cm³/mol. The summed E-state index contributed by atoms with van der Waals surface area (Å²) in [5, 5.41) is 2.97. The quantitative estimate of drug-likeness (QED) is 0.773. The van der Waals surface area contributed by atoms with Gasteiger partial charge in [0, 0.05) is 38.6 Å². The van der Waals surface area contributed by atoms with Gasteiger partial charge in [-0.1, -0.05) is 19.4 Å². The minimum atomic E-state index is -0.531. The van der Waals surface area contributed by atoms with Crippen LogP contribution in [0.5, 0.6) is 0 Å². The van der Waals surface area contributed by atoms with Gasteiger partial charge in [0.1, 0.15) is 5.60 Å². The van der Waals surface area contributed by atoms with Crippen LogP contribution in [0.25, 0.3) is 0 Å². The summed E-state index contributed by atoms with van der Waals surface area (Å²) in [6, 6.07) is 3.77. The normalized spacial score (nSPS) is 18.2. The zero-order chi connectivity index (χ0) is 19.9. The number of nitrogens with zero attached hydrogens (tertiary/aromatic N) is 3. The van der Waals surface area contributed by atoms with Crippen LogP contribution in [0, 0.1) is 0 Å². The molecule has 1 aromatic heterocycles. The molecule has 27 heavy (non-hydrogen) atoms. The van der Waals surface area contributed by atoms with Crippen LogP contribution in [0.3, 0.4) is 0 Å². The average Bonchev–Trinajstić information content (AvgIpc) is 2.61. The Morgan fingerprint density at radius 1 is 1.33 bits per heavy atom. The summed E-state index contributed by atoms with van der Waals surface area (Å²) in [7, 11) is 0. The highest BCUT2D eigenvalue weighted by Crippen LogP contribution is 2.25. The Labute approximate surface area is 162 Å². The van der Waals surface area contributed by atoms with Crippen molar-refractivity contribution in [2.45, 2.75) is 52.2 Å². The third kappa shape index (κ3) is 6.82. The summed E-state index contributed by atoms with van der Waals surface area (Å²) in [6.07, 6.45) is 5.23. The molecule has 7 nitrogen and oxygen atoms in total. The molecule has 0 spiro atoms. The lowest BCUT2D eigenvalue weighted by Gasteiger charge is -2.41. The number of piperazine rings is 1. The number of amides is 2. The van der Waals surface area contributed by atoms with E-state index in [2.05, 4.69) is 22.1 Å². The monoisotopic (exact) mass is 376 g/mol. The van der Waals surface area contributed by atoms with Gasteiger partial charge in [-0.05, 0) is 38.8 Å². The molecule has 0 saturated carbocycles. The van der Waals surface area contributed by atoms with Crippen molar-refractivity contribution < 1.29 is 14.3 Å². The van der Waals surface area contributed by atoms with Gasteiger partial charge in [0.25, 0.3) is 0 Å². The first-order chi connectivity index (χ1) is 12.8. The number of unbranched alkanes of at least 4 members (excludes halogenated alkanes) is 1. The summed E-state index contributed by atoms with van der Waals surface area (Å²) in [4.78, 5) is 32.8. The molecule has 1 aromatic rings. The van der Waals surface area contributed by atoms with E-state index >= 15 is 0 Å². The number of hydrogen-bond donors (Lipinski definition) is 1. The minimum Gasteiger partial charge on any atom is -0.444 e. The largest absolute Gasteiger partial charge is 0.444 e. The summed E-state index contributed by atoms with van der Waals surface area (Å²) < 4.78 is 5.52. The number of ether oxygens (including phenoxy) is 1. The molecule has 7 heteroatoms. The molecule has 0 aliphatic carbocycles. The van der Waals surface area contributed by atoms with Crippen LogP contribution in [0.4, 0.5) is 4.79 Å². The third-order valence-corrected chi connectivity index (χ3v) is 4.41. The second-order valence-corrected chi connectivity index (χ2v) is 7.90. The number of carbonyl (C=O) groups is 2. The SMILES string of the molecule is CCCCNC(=O)CN1CCN(C(=O)OC(C)(C)C)CC1c1cccnc1. The van der Waals surface area contributed by atoms with Gasteiger partial charge in [-0.3, -0.25) is 14.7 Å². The molecule has 1 saturated heterocycles. The summed E-state index contributed by atoms with van der Waals surface area (Å²) in [5.41, 5.74) is 0.462. The van der Waals surface area contributed by atoms with Gasteiger partial charge in [0.05, 0.1) is 12.6 Å². The standard InChI is InChI=1S/C20H32N4O3/c1-5-6-10-22-18(25)15-23-11-12-24(19(26)27-20(2,3)4)14-17(23)16-8-7-9-21-13-16/h7-9,13,17H,5-6,10-12,14-15H2,1-4H3,(H,22,25). The van der Waals surface area contributed by atoms with E-state index in [1.165, 1.54) is 0 Å². The number of aromatic nitrogens is 1. The molecule has 1 aliphatic heterocycles. The Kier molecular flexibility index (Phi) is 7.59. The van der Waals surface area contributed by atoms with Gasteiger partial charge < -0.3 is 15.0 Å². The Morgan fingerprint density at radius 2 is 2.11 bits per heavy atom. The average molecular weight is 377 g/mol. The van der Waals surface area contributed by atoms with Gasteiger partial charge in [-0.15, -0.1) is 0 Å². The first-order valence-electron chi connectivity index (χ1n) is 9.68. The summed E-state index contributed by atoms with van der Waals surface area (Å²) >= 11 is 0. The van der Waals surface area contributed by atoms with E-state index in [9.17, 15) is 9.59 Å². The molecule has 0 bridgehead atoms. The Hall–Kier alpha value is -2.15. The third-order valence-electron chi connectivity index (χ3n) is 4.41. The van der Waals surface area contributed by atoms with Crippen LogP contribution >= 0.6 is 0 Å².